The monoisotopic (exact) mass is 352 g/mol. The SMILES string of the molecule is CCOP(=O)(C[C@H]1CC(OC(C)=O)O[C@@H]1COC(C)=O)OCC. The first kappa shape index (κ1) is 20.1. The maximum atomic E-state index is 12.7. The predicted octanol–water partition coefficient (Wildman–Crippen LogP) is 2.11. The van der Waals surface area contributed by atoms with Crippen molar-refractivity contribution in [1.29, 1.82) is 0 Å². The van der Waals surface area contributed by atoms with E-state index in [1.165, 1.54) is 13.8 Å². The number of esters is 2. The Morgan fingerprint density at radius 3 is 2.22 bits per heavy atom. The molecule has 1 unspecified atom stereocenters. The molecule has 0 bridgehead atoms. The standard InChI is InChI=1S/C14H25O8P/c1-5-19-23(17,20-6-2)9-12-7-14(21-11(4)16)22-13(12)8-18-10(3)15/h12-14H,5-9H2,1-4H3/t12-,13-,14?/m1/s1. The average molecular weight is 352 g/mol. The van der Waals surface area contributed by atoms with E-state index in [4.69, 9.17) is 23.3 Å². The quantitative estimate of drug-likeness (QED) is 0.460. The molecule has 0 N–H and O–H groups in total. The Morgan fingerprint density at radius 2 is 1.74 bits per heavy atom. The van der Waals surface area contributed by atoms with Gasteiger partial charge in [0.15, 0.2) is 0 Å². The summed E-state index contributed by atoms with van der Waals surface area (Å²) in [5.41, 5.74) is 0. The molecule has 23 heavy (non-hydrogen) atoms. The summed E-state index contributed by atoms with van der Waals surface area (Å²) in [6, 6.07) is 0. The third-order valence-electron chi connectivity index (χ3n) is 3.21. The van der Waals surface area contributed by atoms with Crippen LogP contribution in [0.15, 0.2) is 0 Å². The Bertz CT molecular complexity index is 442. The van der Waals surface area contributed by atoms with Crippen molar-refractivity contribution in [2.75, 3.05) is 26.0 Å². The van der Waals surface area contributed by atoms with E-state index in [0.717, 1.165) is 0 Å². The van der Waals surface area contributed by atoms with Gasteiger partial charge in [-0.15, -0.1) is 0 Å². The summed E-state index contributed by atoms with van der Waals surface area (Å²) in [6.07, 6.45) is -0.833. The number of carbonyl (C=O) groups excluding carboxylic acids is 2. The van der Waals surface area contributed by atoms with E-state index in [9.17, 15) is 14.2 Å². The molecule has 134 valence electrons. The van der Waals surface area contributed by atoms with Crippen molar-refractivity contribution in [2.24, 2.45) is 5.92 Å². The highest BCUT2D eigenvalue weighted by atomic mass is 31.2. The smallest absolute Gasteiger partial charge is 0.331 e. The molecule has 0 radical (unpaired) electrons. The molecule has 0 aromatic rings. The Balaban J connectivity index is 2.77. The van der Waals surface area contributed by atoms with E-state index in [0.29, 0.717) is 6.42 Å². The minimum absolute atomic E-state index is 0.00395. The zero-order chi connectivity index (χ0) is 17.5. The zero-order valence-corrected chi connectivity index (χ0v) is 14.9. The van der Waals surface area contributed by atoms with Crippen molar-refractivity contribution >= 4 is 19.5 Å². The summed E-state index contributed by atoms with van der Waals surface area (Å²) in [5.74, 6) is -1.19. The van der Waals surface area contributed by atoms with E-state index in [-0.39, 0.29) is 31.9 Å². The Morgan fingerprint density at radius 1 is 1.13 bits per heavy atom. The second-order valence-electron chi connectivity index (χ2n) is 5.14. The molecule has 0 spiro atoms. The minimum atomic E-state index is -3.27. The number of hydrogen-bond acceptors (Lipinski definition) is 8. The summed E-state index contributed by atoms with van der Waals surface area (Å²) in [4.78, 5) is 22.1. The highest BCUT2D eigenvalue weighted by molar-refractivity contribution is 7.53. The number of carbonyl (C=O) groups is 2. The van der Waals surface area contributed by atoms with Gasteiger partial charge >= 0.3 is 19.5 Å². The first-order chi connectivity index (χ1) is 10.8. The Labute approximate surface area is 136 Å². The molecular formula is C14H25O8P. The predicted molar refractivity (Wildman–Crippen MR) is 80.9 cm³/mol. The summed E-state index contributed by atoms with van der Waals surface area (Å²) < 4.78 is 38.8. The molecule has 1 aliphatic heterocycles. The van der Waals surface area contributed by atoms with Gasteiger partial charge in [0.05, 0.1) is 25.5 Å². The van der Waals surface area contributed by atoms with E-state index < -0.39 is 31.9 Å². The summed E-state index contributed by atoms with van der Waals surface area (Å²) in [6.45, 7) is 6.54. The molecule has 0 amide bonds. The van der Waals surface area contributed by atoms with Gasteiger partial charge in [0.25, 0.3) is 0 Å². The van der Waals surface area contributed by atoms with Gasteiger partial charge in [0.1, 0.15) is 6.61 Å². The lowest BCUT2D eigenvalue weighted by molar-refractivity contribution is -0.178. The van der Waals surface area contributed by atoms with Crippen LogP contribution in [0.2, 0.25) is 0 Å². The van der Waals surface area contributed by atoms with Crippen LogP contribution in [0.5, 0.6) is 0 Å². The van der Waals surface area contributed by atoms with Gasteiger partial charge in [-0.25, -0.2) is 0 Å². The van der Waals surface area contributed by atoms with Crippen molar-refractivity contribution in [2.45, 2.75) is 46.5 Å². The maximum absolute atomic E-state index is 12.7. The van der Waals surface area contributed by atoms with Crippen molar-refractivity contribution in [3.05, 3.63) is 0 Å². The van der Waals surface area contributed by atoms with Crippen LogP contribution in [-0.4, -0.2) is 50.3 Å². The Kier molecular flexibility index (Phi) is 8.19. The second-order valence-corrected chi connectivity index (χ2v) is 7.24. The molecule has 0 aromatic heterocycles. The number of ether oxygens (including phenoxy) is 3. The van der Waals surface area contributed by atoms with Crippen molar-refractivity contribution < 1.29 is 37.4 Å². The molecule has 0 saturated carbocycles. The van der Waals surface area contributed by atoms with Crippen molar-refractivity contribution in [3.63, 3.8) is 0 Å². The van der Waals surface area contributed by atoms with Gasteiger partial charge in [-0.05, 0) is 13.8 Å². The topological polar surface area (TPSA) is 97.4 Å². The summed E-state index contributed by atoms with van der Waals surface area (Å²) in [7, 11) is -3.27. The molecule has 8 nitrogen and oxygen atoms in total. The van der Waals surface area contributed by atoms with Crippen LogP contribution < -0.4 is 0 Å². The normalized spacial score (nSPS) is 24.4. The molecular weight excluding hydrogens is 327 g/mol. The lowest BCUT2D eigenvalue weighted by atomic mass is 10.0. The molecule has 1 saturated heterocycles. The van der Waals surface area contributed by atoms with Crippen LogP contribution in [0.3, 0.4) is 0 Å². The zero-order valence-electron chi connectivity index (χ0n) is 14.0. The summed E-state index contributed by atoms with van der Waals surface area (Å²) >= 11 is 0. The molecule has 1 heterocycles. The van der Waals surface area contributed by atoms with Crippen LogP contribution in [0.25, 0.3) is 0 Å². The highest BCUT2D eigenvalue weighted by Gasteiger charge is 2.42. The fourth-order valence-electron chi connectivity index (χ4n) is 2.41. The van der Waals surface area contributed by atoms with Gasteiger partial charge in [-0.3, -0.25) is 14.2 Å². The van der Waals surface area contributed by atoms with Crippen molar-refractivity contribution in [3.8, 4) is 0 Å². The fourth-order valence-corrected chi connectivity index (χ4v) is 4.44. The van der Waals surface area contributed by atoms with E-state index in [1.807, 2.05) is 0 Å². The molecule has 9 heteroatoms. The molecule has 0 aliphatic carbocycles. The molecule has 3 atom stereocenters. The largest absolute Gasteiger partial charge is 0.463 e. The summed E-state index contributed by atoms with van der Waals surface area (Å²) in [5, 5.41) is 0. The van der Waals surface area contributed by atoms with Crippen molar-refractivity contribution in [1.82, 2.24) is 0 Å². The van der Waals surface area contributed by atoms with Gasteiger partial charge in [0.2, 0.25) is 6.29 Å². The van der Waals surface area contributed by atoms with Gasteiger partial charge < -0.3 is 23.3 Å². The van der Waals surface area contributed by atoms with Gasteiger partial charge in [-0.1, -0.05) is 0 Å². The molecule has 0 aromatic carbocycles. The molecule has 1 fully saturated rings. The average Bonchev–Trinajstić information content (AvgIpc) is 2.77. The number of hydrogen-bond donors (Lipinski definition) is 0. The molecule has 1 aliphatic rings. The van der Waals surface area contributed by atoms with E-state index >= 15 is 0 Å². The van der Waals surface area contributed by atoms with Crippen LogP contribution in [-0.2, 0) is 37.4 Å². The van der Waals surface area contributed by atoms with E-state index in [1.54, 1.807) is 13.8 Å². The van der Waals surface area contributed by atoms with Crippen LogP contribution in [0.4, 0.5) is 0 Å². The molecule has 1 rings (SSSR count). The minimum Gasteiger partial charge on any atom is -0.463 e. The fraction of sp³-hybridized carbons (Fsp3) is 0.857. The first-order valence-corrected chi connectivity index (χ1v) is 9.36. The van der Waals surface area contributed by atoms with Gasteiger partial charge in [-0.2, -0.15) is 0 Å². The lowest BCUT2D eigenvalue weighted by Crippen LogP contribution is -2.27. The second kappa shape index (κ2) is 9.37. The Hall–Kier alpha value is -0.950. The first-order valence-electron chi connectivity index (χ1n) is 7.63. The lowest BCUT2D eigenvalue weighted by Gasteiger charge is -2.23. The number of rotatable bonds is 9. The third kappa shape index (κ3) is 6.99. The van der Waals surface area contributed by atoms with Gasteiger partial charge in [0, 0.05) is 26.2 Å². The van der Waals surface area contributed by atoms with Crippen LogP contribution in [0, 0.1) is 5.92 Å². The third-order valence-corrected chi connectivity index (χ3v) is 5.42. The highest BCUT2D eigenvalue weighted by Crippen LogP contribution is 2.52. The van der Waals surface area contributed by atoms with E-state index in [2.05, 4.69) is 0 Å². The van der Waals surface area contributed by atoms with Crippen LogP contribution in [0.1, 0.15) is 34.1 Å². The van der Waals surface area contributed by atoms with Crippen LogP contribution >= 0.6 is 7.60 Å². The maximum Gasteiger partial charge on any atom is 0.331 e.